The molecule has 0 aliphatic carbocycles. The molecule has 1 saturated heterocycles. The molecule has 0 spiro atoms. The number of piperidine rings is 1. The molecule has 0 atom stereocenters. The average molecular weight is 488 g/mol. The van der Waals surface area contributed by atoms with Crippen LogP contribution in [0.15, 0.2) is 48.5 Å². The molecule has 3 aromatic rings. The first-order chi connectivity index (χ1) is 15.6. The molecule has 1 aromatic heterocycles. The summed E-state index contributed by atoms with van der Waals surface area (Å²) >= 11 is 0. The van der Waals surface area contributed by atoms with E-state index in [1.54, 1.807) is 12.1 Å². The van der Waals surface area contributed by atoms with Gasteiger partial charge in [-0.15, -0.1) is 12.4 Å². The van der Waals surface area contributed by atoms with Crippen molar-refractivity contribution in [3.63, 3.8) is 0 Å². The second-order valence-corrected chi connectivity index (χ2v) is 8.99. The third kappa shape index (κ3) is 6.32. The van der Waals surface area contributed by atoms with Gasteiger partial charge in [-0.25, -0.2) is 0 Å². The summed E-state index contributed by atoms with van der Waals surface area (Å²) in [7, 11) is 0. The number of aryl methyl sites for hydroxylation is 1. The van der Waals surface area contributed by atoms with Gasteiger partial charge in [0.2, 0.25) is 0 Å². The first-order valence-electron chi connectivity index (χ1n) is 12.0. The summed E-state index contributed by atoms with van der Waals surface area (Å²) in [5.41, 5.74) is 4.09. The number of carbonyl (C=O) groups excluding carboxylic acids is 1. The van der Waals surface area contributed by atoms with Gasteiger partial charge in [0, 0.05) is 48.8 Å². The number of carbonyl (C=O) groups is 1. The topological polar surface area (TPSA) is 89.0 Å². The highest BCUT2D eigenvalue weighted by molar-refractivity contribution is 6.08. The fourth-order valence-electron chi connectivity index (χ4n) is 4.85. The molecule has 1 amide bonds. The van der Waals surface area contributed by atoms with Gasteiger partial charge in [-0.1, -0.05) is 43.7 Å². The minimum absolute atomic E-state index is 0. The third-order valence-corrected chi connectivity index (χ3v) is 6.75. The van der Waals surface area contributed by atoms with Crippen LogP contribution in [0.3, 0.4) is 0 Å². The van der Waals surface area contributed by atoms with Gasteiger partial charge in [-0.3, -0.25) is 4.79 Å². The number of unbranched alkanes of at least 4 members (excludes halogenated alkanes) is 1. The zero-order chi connectivity index (χ0) is 22.5. The van der Waals surface area contributed by atoms with Crippen molar-refractivity contribution in [2.45, 2.75) is 58.5 Å². The van der Waals surface area contributed by atoms with Crippen molar-refractivity contribution in [1.82, 2.24) is 14.8 Å². The summed E-state index contributed by atoms with van der Waals surface area (Å²) < 4.78 is 2.22. The van der Waals surface area contributed by atoms with Crippen LogP contribution in [-0.2, 0) is 13.0 Å². The Morgan fingerprint density at radius 2 is 1.79 bits per heavy atom. The predicted molar refractivity (Wildman–Crippen MR) is 141 cm³/mol. The van der Waals surface area contributed by atoms with E-state index >= 15 is 0 Å². The zero-order valence-electron chi connectivity index (χ0n) is 20.2. The van der Waals surface area contributed by atoms with Gasteiger partial charge >= 0.3 is 0 Å². The minimum atomic E-state index is -0.0175. The Morgan fingerprint density at radius 3 is 2.47 bits per heavy atom. The van der Waals surface area contributed by atoms with E-state index in [2.05, 4.69) is 52.0 Å². The number of phenolic OH excluding ortho intramolecular Hbond substituents is 1. The van der Waals surface area contributed by atoms with Crippen LogP contribution in [0, 0.1) is 6.92 Å². The van der Waals surface area contributed by atoms with E-state index in [9.17, 15) is 9.90 Å². The van der Waals surface area contributed by atoms with Crippen LogP contribution in [-0.4, -0.2) is 51.6 Å². The highest BCUT2D eigenvalue weighted by Crippen LogP contribution is 2.30. The fraction of sp³-hybridized carbons (Fsp3) is 0.444. The van der Waals surface area contributed by atoms with E-state index in [1.807, 2.05) is 13.0 Å². The largest absolute Gasteiger partial charge is 0.508 e. The Balaban J connectivity index is 0.00000204. The van der Waals surface area contributed by atoms with Crippen molar-refractivity contribution in [2.75, 3.05) is 19.6 Å². The molecule has 4 rings (SSSR count). The van der Waals surface area contributed by atoms with Gasteiger partial charge in [0.05, 0.1) is 5.56 Å². The number of hydrogen-bond donors (Lipinski definition) is 2. The molecule has 6 nitrogen and oxygen atoms in total. The van der Waals surface area contributed by atoms with Gasteiger partial charge in [0.25, 0.3) is 5.91 Å². The summed E-state index contributed by atoms with van der Waals surface area (Å²) in [6, 6.07) is 16.2. The van der Waals surface area contributed by atoms with Crippen LogP contribution >= 0.6 is 12.4 Å². The first kappa shape index (κ1) is 27.7. The second kappa shape index (κ2) is 12.8. The number of nitrogens with one attached hydrogen (secondary N) is 1. The quantitative estimate of drug-likeness (QED) is 0.490. The first-order valence-corrected chi connectivity index (χ1v) is 12.0. The molecular weight excluding hydrogens is 450 g/mol. The van der Waals surface area contributed by atoms with E-state index in [-0.39, 0.29) is 35.6 Å². The van der Waals surface area contributed by atoms with Crippen molar-refractivity contribution in [3.05, 3.63) is 65.4 Å². The fourth-order valence-corrected chi connectivity index (χ4v) is 4.85. The molecule has 7 heteroatoms. The molecule has 4 N–H and O–H groups in total. The number of aromatic nitrogens is 1. The Morgan fingerprint density at radius 1 is 1.09 bits per heavy atom. The molecule has 1 fully saturated rings. The number of phenols is 1. The second-order valence-electron chi connectivity index (χ2n) is 8.99. The molecule has 186 valence electrons. The lowest BCUT2D eigenvalue weighted by atomic mass is 10.0. The summed E-state index contributed by atoms with van der Waals surface area (Å²) in [6.45, 7) is 8.16. The van der Waals surface area contributed by atoms with Crippen molar-refractivity contribution < 1.29 is 15.4 Å². The maximum absolute atomic E-state index is 13.3. The lowest BCUT2D eigenvalue weighted by molar-refractivity contribution is 0.0912. The Bertz CT molecular complexity index is 1060. The molecule has 1 aliphatic rings. The minimum Gasteiger partial charge on any atom is -0.508 e. The molecular formula is C27H38ClN3O3. The van der Waals surface area contributed by atoms with Crippen LogP contribution in [0.25, 0.3) is 10.9 Å². The Kier molecular flexibility index (Phi) is 10.4. The molecule has 0 bridgehead atoms. The van der Waals surface area contributed by atoms with Gasteiger partial charge in [-0.05, 0) is 56.4 Å². The number of fused-ring (bicyclic) bond motifs is 1. The summed E-state index contributed by atoms with van der Waals surface area (Å²) in [5.74, 6) is 0.182. The van der Waals surface area contributed by atoms with Crippen LogP contribution in [0.5, 0.6) is 5.75 Å². The van der Waals surface area contributed by atoms with Crippen molar-refractivity contribution in [1.29, 1.82) is 0 Å². The standard InChI is InChI=1S/C27H35N3O2.ClH.H2O/c1-3-4-15-30-20(2)26(24-19-23(31)10-11-25(24)30)27(32)28-22-13-17-29(18-14-22)16-12-21-8-6-5-7-9-21;;/h5-11,19,22,31H,3-4,12-18H2,1-2H3,(H,28,32);1H;1H2. The number of nitrogens with zero attached hydrogens (tertiary/aromatic N) is 2. The van der Waals surface area contributed by atoms with Crippen molar-refractivity contribution in [3.8, 4) is 5.75 Å². The molecule has 0 radical (unpaired) electrons. The van der Waals surface area contributed by atoms with Crippen LogP contribution in [0.1, 0.15) is 54.2 Å². The highest BCUT2D eigenvalue weighted by Gasteiger charge is 2.25. The number of likely N-dealkylation sites (tertiary alicyclic amines) is 1. The zero-order valence-corrected chi connectivity index (χ0v) is 21.0. The molecule has 2 aromatic carbocycles. The third-order valence-electron chi connectivity index (χ3n) is 6.75. The van der Waals surface area contributed by atoms with E-state index in [0.29, 0.717) is 5.56 Å². The van der Waals surface area contributed by atoms with Crippen LogP contribution in [0.4, 0.5) is 0 Å². The lowest BCUT2D eigenvalue weighted by Gasteiger charge is -2.32. The molecule has 34 heavy (non-hydrogen) atoms. The van der Waals surface area contributed by atoms with E-state index in [0.717, 1.165) is 74.9 Å². The number of benzene rings is 2. The van der Waals surface area contributed by atoms with Crippen molar-refractivity contribution in [2.24, 2.45) is 0 Å². The lowest BCUT2D eigenvalue weighted by Crippen LogP contribution is -2.45. The van der Waals surface area contributed by atoms with Gasteiger partial charge in [0.15, 0.2) is 0 Å². The Hall–Kier alpha value is -2.54. The van der Waals surface area contributed by atoms with E-state index in [1.165, 1.54) is 5.56 Å². The summed E-state index contributed by atoms with van der Waals surface area (Å²) in [5, 5.41) is 14.2. The molecule has 0 unspecified atom stereocenters. The van der Waals surface area contributed by atoms with Gasteiger partial charge in [0.1, 0.15) is 5.75 Å². The number of hydrogen-bond acceptors (Lipinski definition) is 3. The van der Waals surface area contributed by atoms with Crippen LogP contribution in [0.2, 0.25) is 0 Å². The normalized spacial score (nSPS) is 14.4. The van der Waals surface area contributed by atoms with Crippen molar-refractivity contribution >= 4 is 29.2 Å². The maximum Gasteiger partial charge on any atom is 0.253 e. The number of rotatable bonds is 8. The smallest absolute Gasteiger partial charge is 0.253 e. The SMILES string of the molecule is CCCCn1c(C)c(C(=O)NC2CCN(CCc3ccccc3)CC2)c2cc(O)ccc21.Cl.O. The van der Waals surface area contributed by atoms with Gasteiger partial charge < -0.3 is 25.4 Å². The molecule has 2 heterocycles. The Labute approximate surface area is 208 Å². The number of aromatic hydroxyl groups is 1. The predicted octanol–water partition coefficient (Wildman–Crippen LogP) is 4.49. The highest BCUT2D eigenvalue weighted by atomic mass is 35.5. The average Bonchev–Trinajstić information content (AvgIpc) is 3.08. The van der Waals surface area contributed by atoms with Crippen LogP contribution < -0.4 is 5.32 Å². The number of amides is 1. The molecule has 0 saturated carbocycles. The summed E-state index contributed by atoms with van der Waals surface area (Å²) in [4.78, 5) is 15.8. The number of halogens is 1. The molecule has 1 aliphatic heterocycles. The van der Waals surface area contributed by atoms with E-state index < -0.39 is 0 Å². The van der Waals surface area contributed by atoms with Gasteiger partial charge in [-0.2, -0.15) is 0 Å². The van der Waals surface area contributed by atoms with E-state index in [4.69, 9.17) is 0 Å². The maximum atomic E-state index is 13.3. The monoisotopic (exact) mass is 487 g/mol. The summed E-state index contributed by atoms with van der Waals surface area (Å²) in [6.07, 6.45) is 5.17.